The van der Waals surface area contributed by atoms with E-state index in [0.717, 1.165) is 38.6 Å². The van der Waals surface area contributed by atoms with Crippen LogP contribution >= 0.6 is 24.8 Å². The van der Waals surface area contributed by atoms with Crippen molar-refractivity contribution >= 4 is 30.7 Å². The zero-order valence-corrected chi connectivity index (χ0v) is 13.8. The van der Waals surface area contributed by atoms with Crippen LogP contribution in [0, 0.1) is 11.3 Å². The minimum absolute atomic E-state index is 0. The first kappa shape index (κ1) is 18.0. The normalized spacial score (nSPS) is 26.6. The van der Waals surface area contributed by atoms with Gasteiger partial charge in [0.2, 0.25) is 5.91 Å². The van der Waals surface area contributed by atoms with Gasteiger partial charge in [-0.3, -0.25) is 4.79 Å². The van der Waals surface area contributed by atoms with Crippen LogP contribution in [0.25, 0.3) is 0 Å². The molecule has 1 unspecified atom stereocenters. The summed E-state index contributed by atoms with van der Waals surface area (Å²) >= 11 is 0. The number of halogens is 2. The predicted octanol–water partition coefficient (Wildman–Crippen LogP) is 1.43. The van der Waals surface area contributed by atoms with Crippen LogP contribution in [0.5, 0.6) is 0 Å². The number of hydrogen-bond donors (Lipinski definition) is 2. The number of carbonyl (C=O) groups excluding carboxylic acids is 1. The second-order valence-electron chi connectivity index (χ2n) is 6.37. The van der Waals surface area contributed by atoms with Crippen molar-refractivity contribution in [1.29, 1.82) is 0 Å². The fourth-order valence-electron chi connectivity index (χ4n) is 3.37. The summed E-state index contributed by atoms with van der Waals surface area (Å²) < 4.78 is 0. The molecule has 2 saturated carbocycles. The largest absolute Gasteiger partial charge is 0.355 e. The summed E-state index contributed by atoms with van der Waals surface area (Å²) in [5.41, 5.74) is 0.373. The van der Waals surface area contributed by atoms with Crippen LogP contribution in [0.4, 0.5) is 0 Å². The Morgan fingerprint density at radius 1 is 1.30 bits per heavy atom. The van der Waals surface area contributed by atoms with Crippen LogP contribution in [0.1, 0.15) is 32.1 Å². The van der Waals surface area contributed by atoms with E-state index < -0.39 is 0 Å². The van der Waals surface area contributed by atoms with E-state index in [1.54, 1.807) is 0 Å². The van der Waals surface area contributed by atoms with Crippen molar-refractivity contribution in [3.05, 3.63) is 0 Å². The molecule has 118 valence electrons. The average molecular weight is 324 g/mol. The molecular formula is C14H27Cl2N3O. The highest BCUT2D eigenvalue weighted by molar-refractivity contribution is 5.85. The van der Waals surface area contributed by atoms with Gasteiger partial charge in [0.05, 0.1) is 0 Å². The number of piperidine rings is 1. The van der Waals surface area contributed by atoms with Gasteiger partial charge in [-0.25, -0.2) is 0 Å². The van der Waals surface area contributed by atoms with Gasteiger partial charge in [-0.1, -0.05) is 0 Å². The van der Waals surface area contributed by atoms with E-state index in [0.29, 0.717) is 17.2 Å². The summed E-state index contributed by atoms with van der Waals surface area (Å²) in [5.74, 6) is 0.618. The Kier molecular flexibility index (Phi) is 6.58. The van der Waals surface area contributed by atoms with Gasteiger partial charge in [-0.15, -0.1) is 24.8 Å². The minimum atomic E-state index is 0. The molecule has 2 aliphatic carbocycles. The number of likely N-dealkylation sites (N-methyl/N-ethyl adjacent to an activating group) is 1. The average Bonchev–Trinajstić information content (AvgIpc) is 3.25. The molecule has 2 N–H and O–H groups in total. The molecule has 3 rings (SSSR count). The lowest BCUT2D eigenvalue weighted by Crippen LogP contribution is -2.37. The number of hydrogen-bond acceptors (Lipinski definition) is 3. The number of amides is 1. The molecule has 1 spiro atoms. The summed E-state index contributed by atoms with van der Waals surface area (Å²) in [7, 11) is 2.16. The Morgan fingerprint density at radius 2 is 1.95 bits per heavy atom. The molecule has 1 atom stereocenters. The second kappa shape index (κ2) is 7.30. The van der Waals surface area contributed by atoms with E-state index in [4.69, 9.17) is 0 Å². The van der Waals surface area contributed by atoms with Crippen LogP contribution in [-0.4, -0.2) is 50.1 Å². The zero-order valence-electron chi connectivity index (χ0n) is 12.2. The molecule has 1 saturated heterocycles. The van der Waals surface area contributed by atoms with Crippen LogP contribution in [-0.2, 0) is 4.79 Å². The molecule has 0 radical (unpaired) electrons. The van der Waals surface area contributed by atoms with Crippen molar-refractivity contribution in [3.63, 3.8) is 0 Å². The summed E-state index contributed by atoms with van der Waals surface area (Å²) in [6.07, 6.45) is 6.17. The van der Waals surface area contributed by atoms with Gasteiger partial charge >= 0.3 is 0 Å². The van der Waals surface area contributed by atoms with Crippen molar-refractivity contribution in [2.75, 3.05) is 33.2 Å². The fraction of sp³-hybridized carbons (Fsp3) is 0.929. The fourth-order valence-corrected chi connectivity index (χ4v) is 3.37. The summed E-state index contributed by atoms with van der Waals surface area (Å²) in [6.45, 7) is 4.00. The summed E-state index contributed by atoms with van der Waals surface area (Å²) in [6, 6.07) is 0.790. The Bertz CT molecular complexity index is 330. The smallest absolute Gasteiger partial charge is 0.223 e. The quantitative estimate of drug-likeness (QED) is 0.804. The maximum absolute atomic E-state index is 12.1. The minimum Gasteiger partial charge on any atom is -0.355 e. The van der Waals surface area contributed by atoms with Crippen LogP contribution in [0.15, 0.2) is 0 Å². The van der Waals surface area contributed by atoms with Crippen molar-refractivity contribution in [1.82, 2.24) is 15.5 Å². The molecule has 0 aromatic rings. The van der Waals surface area contributed by atoms with Gasteiger partial charge in [0.25, 0.3) is 0 Å². The molecule has 20 heavy (non-hydrogen) atoms. The van der Waals surface area contributed by atoms with E-state index in [-0.39, 0.29) is 24.8 Å². The Balaban J connectivity index is 0.000001000. The highest BCUT2D eigenvalue weighted by Gasteiger charge is 2.57. The molecule has 1 amide bonds. The number of rotatable bonds is 5. The first-order chi connectivity index (χ1) is 8.71. The maximum atomic E-state index is 12.1. The van der Waals surface area contributed by atoms with Gasteiger partial charge in [0.1, 0.15) is 0 Å². The summed E-state index contributed by atoms with van der Waals surface area (Å²) in [5, 5.41) is 6.51. The highest BCUT2D eigenvalue weighted by Crippen LogP contribution is 2.58. The van der Waals surface area contributed by atoms with Crippen molar-refractivity contribution < 1.29 is 4.79 Å². The van der Waals surface area contributed by atoms with Crippen molar-refractivity contribution in [2.24, 2.45) is 11.3 Å². The first-order valence-electron chi connectivity index (χ1n) is 7.40. The van der Waals surface area contributed by atoms with Crippen molar-refractivity contribution in [2.45, 2.75) is 38.1 Å². The van der Waals surface area contributed by atoms with E-state index >= 15 is 0 Å². The van der Waals surface area contributed by atoms with Crippen LogP contribution in [0.3, 0.4) is 0 Å². The maximum Gasteiger partial charge on any atom is 0.223 e. The lowest BCUT2D eigenvalue weighted by atomic mass is 9.92. The number of nitrogens with zero attached hydrogens (tertiary/aromatic N) is 1. The van der Waals surface area contributed by atoms with Gasteiger partial charge in [-0.05, 0) is 57.7 Å². The van der Waals surface area contributed by atoms with Gasteiger partial charge in [0, 0.05) is 25.0 Å². The SMILES string of the molecule is CN(CCNC(=O)C1CC12CCNCC2)C1CC1.Cl.Cl. The third kappa shape index (κ3) is 4.00. The van der Waals surface area contributed by atoms with Crippen LogP contribution in [0.2, 0.25) is 0 Å². The van der Waals surface area contributed by atoms with E-state index in [1.165, 1.54) is 25.7 Å². The standard InChI is InChI=1S/C14H25N3O.2ClH/c1-17(11-2-3-11)9-8-16-13(18)12-10-14(12)4-6-15-7-5-14;;/h11-12,15H,2-10H2,1H3,(H,16,18);2*1H. The third-order valence-electron chi connectivity index (χ3n) is 5.04. The lowest BCUT2D eigenvalue weighted by molar-refractivity contribution is -0.123. The monoisotopic (exact) mass is 323 g/mol. The molecule has 4 nitrogen and oxygen atoms in total. The second-order valence-corrected chi connectivity index (χ2v) is 6.37. The molecule has 0 aromatic heterocycles. The molecule has 0 bridgehead atoms. The third-order valence-corrected chi connectivity index (χ3v) is 5.04. The molecule has 0 aromatic carbocycles. The van der Waals surface area contributed by atoms with Crippen LogP contribution < -0.4 is 10.6 Å². The number of nitrogens with one attached hydrogen (secondary N) is 2. The molecule has 3 fully saturated rings. The Morgan fingerprint density at radius 3 is 2.55 bits per heavy atom. The predicted molar refractivity (Wildman–Crippen MR) is 85.8 cm³/mol. The van der Waals surface area contributed by atoms with E-state index in [1.807, 2.05) is 0 Å². The Labute approximate surface area is 134 Å². The lowest BCUT2D eigenvalue weighted by Gasteiger charge is -2.23. The van der Waals surface area contributed by atoms with E-state index in [9.17, 15) is 4.79 Å². The summed E-state index contributed by atoms with van der Waals surface area (Å²) in [4.78, 5) is 14.5. The molecular weight excluding hydrogens is 297 g/mol. The first-order valence-corrected chi connectivity index (χ1v) is 7.40. The number of carbonyl (C=O) groups is 1. The van der Waals surface area contributed by atoms with Gasteiger partial charge in [-0.2, -0.15) is 0 Å². The van der Waals surface area contributed by atoms with Crippen molar-refractivity contribution in [3.8, 4) is 0 Å². The van der Waals surface area contributed by atoms with Gasteiger partial charge < -0.3 is 15.5 Å². The molecule has 3 aliphatic rings. The van der Waals surface area contributed by atoms with Gasteiger partial charge in [0.15, 0.2) is 0 Å². The topological polar surface area (TPSA) is 44.4 Å². The Hall–Kier alpha value is -0.0300. The molecule has 6 heteroatoms. The van der Waals surface area contributed by atoms with E-state index in [2.05, 4.69) is 22.6 Å². The molecule has 1 aliphatic heterocycles. The zero-order chi connectivity index (χ0) is 12.6. The molecule has 1 heterocycles. The highest BCUT2D eigenvalue weighted by atomic mass is 35.5.